The normalized spacial score (nSPS) is 11.7. The number of benzene rings is 1. The van der Waals surface area contributed by atoms with Crippen molar-refractivity contribution in [2.45, 2.75) is 102 Å². The van der Waals surface area contributed by atoms with E-state index in [1.807, 2.05) is 0 Å². The van der Waals surface area contributed by atoms with Crippen LogP contribution in [-0.4, -0.2) is 147 Å². The number of hydrogen-bond acceptors (Lipinski definition) is 14. The van der Waals surface area contributed by atoms with Crippen molar-refractivity contribution in [1.29, 1.82) is 0 Å². The maximum absolute atomic E-state index is 12.0. The summed E-state index contributed by atoms with van der Waals surface area (Å²) >= 11 is 0. The van der Waals surface area contributed by atoms with Gasteiger partial charge in [-0.25, -0.2) is 0 Å². The molecule has 0 radical (unpaired) electrons. The largest absolute Gasteiger partial charge is 0.463 e. The van der Waals surface area contributed by atoms with Crippen LogP contribution < -0.4 is 0 Å². The number of rotatable bonds is 46. The highest BCUT2D eigenvalue weighted by atomic mass is 32.2. The SMILES string of the molecule is CCCCCCCCCCCCCCCC(=O)OCCOCCOCCOCCOCCOCCOCCOCCOCCOCCOS(=O)(=O)c1ccccc1. The summed E-state index contributed by atoms with van der Waals surface area (Å²) in [7, 11) is -3.76. The predicted octanol–water partition coefficient (Wildman–Crippen LogP) is 6.57. The summed E-state index contributed by atoms with van der Waals surface area (Å²) in [5.74, 6) is -0.140. The third kappa shape index (κ3) is 38.2. The van der Waals surface area contributed by atoms with Gasteiger partial charge in [0.05, 0.1) is 130 Å². The van der Waals surface area contributed by atoms with Crippen LogP contribution in [0.1, 0.15) is 96.8 Å². The molecule has 0 aliphatic carbocycles. The van der Waals surface area contributed by atoms with Crippen LogP contribution in [0.25, 0.3) is 0 Å². The third-order valence-corrected chi connectivity index (χ3v) is 9.78. The third-order valence-electron chi connectivity index (χ3n) is 8.45. The lowest BCUT2D eigenvalue weighted by Crippen LogP contribution is -2.16. The summed E-state index contributed by atoms with van der Waals surface area (Å²) in [5.41, 5.74) is 0. The molecule has 14 nitrogen and oxygen atoms in total. The van der Waals surface area contributed by atoms with Crippen molar-refractivity contribution >= 4 is 16.1 Å². The van der Waals surface area contributed by atoms with Gasteiger partial charge in [0.25, 0.3) is 10.1 Å². The van der Waals surface area contributed by atoms with E-state index in [4.69, 9.17) is 51.6 Å². The molecule has 0 aliphatic heterocycles. The first-order chi connectivity index (χ1) is 28.1. The van der Waals surface area contributed by atoms with Crippen molar-refractivity contribution in [2.24, 2.45) is 0 Å². The van der Waals surface area contributed by atoms with E-state index in [1.54, 1.807) is 18.2 Å². The second kappa shape index (κ2) is 42.4. The van der Waals surface area contributed by atoms with E-state index in [0.29, 0.717) is 119 Å². The van der Waals surface area contributed by atoms with Gasteiger partial charge in [-0.1, -0.05) is 102 Å². The molecule has 57 heavy (non-hydrogen) atoms. The second-order valence-corrected chi connectivity index (χ2v) is 14.9. The topological polar surface area (TPSA) is 153 Å². The van der Waals surface area contributed by atoms with Gasteiger partial charge in [0.2, 0.25) is 0 Å². The fourth-order valence-corrected chi connectivity index (χ4v) is 6.21. The quantitative estimate of drug-likeness (QED) is 0.0396. The van der Waals surface area contributed by atoms with Gasteiger partial charge in [0.15, 0.2) is 0 Å². The molecule has 0 N–H and O–H groups in total. The molecule has 0 unspecified atom stereocenters. The Kier molecular flexibility index (Phi) is 39.6. The number of unbranched alkanes of at least 4 members (excludes halogenated alkanes) is 12. The monoisotopic (exact) mass is 836 g/mol. The summed E-state index contributed by atoms with van der Waals surface area (Å²) < 4.78 is 83.3. The number of carbonyl (C=O) groups is 1. The highest BCUT2D eigenvalue weighted by molar-refractivity contribution is 7.86. The van der Waals surface area contributed by atoms with Gasteiger partial charge in [-0.15, -0.1) is 0 Å². The molecule has 0 atom stereocenters. The molecule has 0 heterocycles. The molecular weight excluding hydrogens is 761 g/mol. The molecule has 1 aromatic rings. The first-order valence-electron chi connectivity index (χ1n) is 21.4. The Morgan fingerprint density at radius 3 is 1.05 bits per heavy atom. The highest BCUT2D eigenvalue weighted by Gasteiger charge is 2.13. The molecule has 0 fully saturated rings. The zero-order chi connectivity index (χ0) is 41.0. The van der Waals surface area contributed by atoms with Crippen LogP contribution in [0.5, 0.6) is 0 Å². The molecular formula is C42H76O14S. The lowest BCUT2D eigenvalue weighted by Gasteiger charge is -2.09. The maximum Gasteiger partial charge on any atom is 0.305 e. The fourth-order valence-electron chi connectivity index (χ4n) is 5.29. The molecule has 0 aromatic heterocycles. The molecule has 0 bridgehead atoms. The van der Waals surface area contributed by atoms with E-state index in [1.165, 1.54) is 82.8 Å². The van der Waals surface area contributed by atoms with Crippen LogP contribution in [0, 0.1) is 0 Å². The van der Waals surface area contributed by atoms with Gasteiger partial charge >= 0.3 is 5.97 Å². The van der Waals surface area contributed by atoms with Gasteiger partial charge in [0, 0.05) is 6.42 Å². The standard InChI is InChI=1S/C42H76O14S/c1-2-3-4-5-6-7-8-9-10-11-12-13-17-20-42(43)55-39-37-53-35-33-51-31-29-49-27-25-47-23-21-46-22-24-48-26-28-50-30-32-52-34-36-54-38-40-56-57(44,45)41-18-15-14-16-19-41/h14-16,18-19H,2-13,17,20-40H2,1H3. The smallest absolute Gasteiger partial charge is 0.305 e. The van der Waals surface area contributed by atoms with Crippen molar-refractivity contribution in [1.82, 2.24) is 0 Å². The fraction of sp³-hybridized carbons (Fsp3) is 0.833. The van der Waals surface area contributed by atoms with Crippen LogP contribution in [0.2, 0.25) is 0 Å². The van der Waals surface area contributed by atoms with E-state index >= 15 is 0 Å². The van der Waals surface area contributed by atoms with Gasteiger partial charge in [-0.05, 0) is 18.6 Å². The van der Waals surface area contributed by atoms with Gasteiger partial charge in [0.1, 0.15) is 6.61 Å². The number of carbonyl (C=O) groups excluding carboxylic acids is 1. The van der Waals surface area contributed by atoms with E-state index < -0.39 is 10.1 Å². The van der Waals surface area contributed by atoms with E-state index in [0.717, 1.165) is 12.8 Å². The molecule has 0 aliphatic rings. The molecule has 0 amide bonds. The lowest BCUT2D eigenvalue weighted by atomic mass is 10.0. The number of hydrogen-bond donors (Lipinski definition) is 0. The summed E-state index contributed by atoms with van der Waals surface area (Å²) in [4.78, 5) is 12.0. The molecule has 334 valence electrons. The Morgan fingerprint density at radius 1 is 0.404 bits per heavy atom. The van der Waals surface area contributed by atoms with Crippen molar-refractivity contribution in [2.75, 3.05) is 132 Å². The molecule has 0 spiro atoms. The first kappa shape index (κ1) is 53.3. The van der Waals surface area contributed by atoms with Crippen LogP contribution in [0.15, 0.2) is 35.2 Å². The Labute approximate surface area is 344 Å². The minimum atomic E-state index is -3.76. The Balaban J connectivity index is 1.66. The van der Waals surface area contributed by atoms with E-state index in [9.17, 15) is 13.2 Å². The Bertz CT molecular complexity index is 1080. The molecule has 0 saturated heterocycles. The van der Waals surface area contributed by atoms with Crippen molar-refractivity contribution < 1.29 is 64.8 Å². The average molecular weight is 837 g/mol. The van der Waals surface area contributed by atoms with Crippen molar-refractivity contribution in [3.63, 3.8) is 0 Å². The zero-order valence-corrected chi connectivity index (χ0v) is 35.9. The predicted molar refractivity (Wildman–Crippen MR) is 218 cm³/mol. The average Bonchev–Trinajstić information content (AvgIpc) is 3.22. The Morgan fingerprint density at radius 2 is 0.702 bits per heavy atom. The van der Waals surface area contributed by atoms with Crippen molar-refractivity contribution in [3.8, 4) is 0 Å². The van der Waals surface area contributed by atoms with Crippen LogP contribution in [0.3, 0.4) is 0 Å². The second-order valence-electron chi connectivity index (χ2n) is 13.3. The summed E-state index contributed by atoms with van der Waals surface area (Å²) in [6.45, 7) is 10.2. The minimum absolute atomic E-state index is 0.0613. The summed E-state index contributed by atoms with van der Waals surface area (Å²) in [5, 5.41) is 0. The zero-order valence-electron chi connectivity index (χ0n) is 35.1. The maximum atomic E-state index is 12.0. The molecule has 1 rings (SSSR count). The van der Waals surface area contributed by atoms with Gasteiger partial charge < -0.3 is 47.4 Å². The molecule has 0 saturated carbocycles. The summed E-state index contributed by atoms with van der Waals surface area (Å²) in [6, 6.07) is 7.98. The number of ether oxygens (including phenoxy) is 10. The van der Waals surface area contributed by atoms with Gasteiger partial charge in [-0.2, -0.15) is 8.42 Å². The first-order valence-corrected chi connectivity index (χ1v) is 22.8. The van der Waals surface area contributed by atoms with Gasteiger partial charge in [-0.3, -0.25) is 8.98 Å². The highest BCUT2D eigenvalue weighted by Crippen LogP contribution is 2.13. The van der Waals surface area contributed by atoms with Crippen LogP contribution in [0.4, 0.5) is 0 Å². The minimum Gasteiger partial charge on any atom is -0.463 e. The molecule has 1 aromatic carbocycles. The van der Waals surface area contributed by atoms with Crippen LogP contribution in [-0.2, 0) is 66.5 Å². The van der Waals surface area contributed by atoms with Crippen LogP contribution >= 0.6 is 0 Å². The number of esters is 1. The molecule has 15 heteroatoms. The van der Waals surface area contributed by atoms with Crippen molar-refractivity contribution in [3.05, 3.63) is 30.3 Å². The van der Waals surface area contributed by atoms with E-state index in [-0.39, 0.29) is 30.7 Å². The summed E-state index contributed by atoms with van der Waals surface area (Å²) in [6.07, 6.45) is 17.2. The Hall–Kier alpha value is -1.76. The lowest BCUT2D eigenvalue weighted by molar-refractivity contribution is -0.145. The van der Waals surface area contributed by atoms with E-state index in [2.05, 4.69) is 6.92 Å².